The highest BCUT2D eigenvalue weighted by Gasteiger charge is 2.13. The van der Waals surface area contributed by atoms with Crippen molar-refractivity contribution in [3.05, 3.63) is 82.7 Å². The Hall–Kier alpha value is -3.59. The van der Waals surface area contributed by atoms with Gasteiger partial charge in [0.15, 0.2) is 0 Å². The normalized spacial score (nSPS) is 10.5. The highest BCUT2D eigenvalue weighted by Crippen LogP contribution is 2.17. The Balaban J connectivity index is 1.52. The average molecular weight is 417 g/mol. The van der Waals surface area contributed by atoms with Gasteiger partial charge in [-0.2, -0.15) is 10.4 Å². The molecule has 1 heterocycles. The maximum absolute atomic E-state index is 12.5. The van der Waals surface area contributed by atoms with Gasteiger partial charge in [-0.25, -0.2) is 0 Å². The Morgan fingerprint density at radius 1 is 1.10 bits per heavy atom. The lowest BCUT2D eigenvalue weighted by atomic mass is 10.1. The van der Waals surface area contributed by atoms with Crippen LogP contribution in [-0.4, -0.2) is 15.7 Å². The number of rotatable bonds is 10. The van der Waals surface area contributed by atoms with Gasteiger partial charge in [-0.15, -0.1) is 0 Å². The minimum absolute atomic E-state index is 0.00218. The van der Waals surface area contributed by atoms with Gasteiger partial charge in [0.2, 0.25) is 5.91 Å². The van der Waals surface area contributed by atoms with Crippen molar-refractivity contribution in [2.24, 2.45) is 0 Å². The van der Waals surface area contributed by atoms with E-state index in [0.29, 0.717) is 39.0 Å². The summed E-state index contributed by atoms with van der Waals surface area (Å²) in [5.41, 5.74) is 5.14. The molecular weight excluding hydrogens is 388 g/mol. The predicted octanol–water partition coefficient (Wildman–Crippen LogP) is 4.24. The molecule has 0 aliphatic heterocycles. The van der Waals surface area contributed by atoms with E-state index < -0.39 is 0 Å². The van der Waals surface area contributed by atoms with E-state index in [1.807, 2.05) is 73.1 Å². The number of hydrogen-bond donors (Lipinski definition) is 1. The van der Waals surface area contributed by atoms with E-state index >= 15 is 0 Å². The number of aromatic nitrogens is 2. The van der Waals surface area contributed by atoms with Gasteiger partial charge in [-0.3, -0.25) is 9.48 Å². The van der Waals surface area contributed by atoms with Gasteiger partial charge in [0, 0.05) is 18.7 Å². The predicted molar refractivity (Wildman–Crippen MR) is 119 cm³/mol. The van der Waals surface area contributed by atoms with Crippen LogP contribution < -0.4 is 10.1 Å². The van der Waals surface area contributed by atoms with Crippen molar-refractivity contribution in [1.29, 1.82) is 5.26 Å². The Kier molecular flexibility index (Phi) is 7.83. The summed E-state index contributed by atoms with van der Waals surface area (Å²) in [6, 6.07) is 19.8. The highest BCUT2D eigenvalue weighted by atomic mass is 16.5. The van der Waals surface area contributed by atoms with E-state index in [2.05, 4.69) is 16.5 Å². The summed E-state index contributed by atoms with van der Waals surface area (Å²) >= 11 is 0. The summed E-state index contributed by atoms with van der Waals surface area (Å²) in [5.74, 6) is 0.824. The molecule has 0 saturated heterocycles. The molecule has 1 N–H and O–H groups in total. The van der Waals surface area contributed by atoms with Gasteiger partial charge in [0.05, 0.1) is 24.7 Å². The fourth-order valence-corrected chi connectivity index (χ4v) is 3.54. The van der Waals surface area contributed by atoms with Crippen molar-refractivity contribution in [1.82, 2.24) is 15.1 Å². The monoisotopic (exact) mass is 416 g/mol. The zero-order valence-electron chi connectivity index (χ0n) is 18.1. The zero-order chi connectivity index (χ0) is 22.1. The number of hydrogen-bond acceptors (Lipinski definition) is 4. The Morgan fingerprint density at radius 2 is 1.81 bits per heavy atom. The number of amides is 1. The lowest BCUT2D eigenvalue weighted by Crippen LogP contribution is -2.24. The second-order valence-corrected chi connectivity index (χ2v) is 7.43. The molecule has 160 valence electrons. The van der Waals surface area contributed by atoms with Crippen molar-refractivity contribution in [3.63, 3.8) is 0 Å². The van der Waals surface area contributed by atoms with Crippen molar-refractivity contribution >= 4 is 5.91 Å². The van der Waals surface area contributed by atoms with Gasteiger partial charge in [0.25, 0.3) is 0 Å². The molecule has 0 fully saturated rings. The maximum atomic E-state index is 12.5. The molecule has 0 radical (unpaired) electrons. The molecule has 6 nitrogen and oxygen atoms in total. The topological polar surface area (TPSA) is 79.9 Å². The smallest absolute Gasteiger partial charge is 0.220 e. The summed E-state index contributed by atoms with van der Waals surface area (Å²) in [6.45, 7) is 5.44. The van der Waals surface area contributed by atoms with Crippen molar-refractivity contribution in [3.8, 4) is 11.8 Å². The maximum Gasteiger partial charge on any atom is 0.220 e. The fourth-order valence-electron chi connectivity index (χ4n) is 3.54. The standard InChI is InChI=1S/C25H28N4O2/c1-19-24(20(2)29(28-19)16-8-15-26)13-14-25(30)27-17-21-9-6-7-10-22(21)18-31-23-11-4-3-5-12-23/h3-7,9-12H,8,13-14,16-18H2,1-2H3,(H,27,30). The van der Waals surface area contributed by atoms with Gasteiger partial charge in [-0.1, -0.05) is 42.5 Å². The average Bonchev–Trinajstić information content (AvgIpc) is 3.07. The number of carbonyl (C=O) groups excluding carboxylic acids is 1. The van der Waals surface area contributed by atoms with Gasteiger partial charge in [0.1, 0.15) is 12.4 Å². The first-order valence-corrected chi connectivity index (χ1v) is 10.5. The summed E-state index contributed by atoms with van der Waals surface area (Å²) in [5, 5.41) is 16.3. The van der Waals surface area contributed by atoms with Crippen LogP contribution in [0.1, 0.15) is 40.9 Å². The molecule has 1 aromatic heterocycles. The van der Waals surface area contributed by atoms with Crippen LogP contribution >= 0.6 is 0 Å². The number of para-hydroxylation sites is 1. The van der Waals surface area contributed by atoms with Crippen LogP contribution in [0.5, 0.6) is 5.75 Å². The van der Waals surface area contributed by atoms with Crippen LogP contribution in [0.2, 0.25) is 0 Å². The first-order valence-electron chi connectivity index (χ1n) is 10.5. The Morgan fingerprint density at radius 3 is 2.55 bits per heavy atom. The second-order valence-electron chi connectivity index (χ2n) is 7.43. The minimum Gasteiger partial charge on any atom is -0.489 e. The molecule has 0 aliphatic carbocycles. The van der Waals surface area contributed by atoms with Crippen LogP contribution in [0.15, 0.2) is 54.6 Å². The largest absolute Gasteiger partial charge is 0.489 e. The molecule has 0 atom stereocenters. The molecule has 0 saturated carbocycles. The number of aryl methyl sites for hydroxylation is 2. The van der Waals surface area contributed by atoms with Crippen LogP contribution in [0, 0.1) is 25.2 Å². The summed E-state index contributed by atoms with van der Waals surface area (Å²) in [6.07, 6.45) is 1.46. The zero-order valence-corrected chi connectivity index (χ0v) is 18.1. The summed E-state index contributed by atoms with van der Waals surface area (Å²) in [4.78, 5) is 12.5. The SMILES string of the molecule is Cc1nn(CCC#N)c(C)c1CCC(=O)NCc1ccccc1COc1ccccc1. The van der Waals surface area contributed by atoms with E-state index in [-0.39, 0.29) is 5.91 Å². The van der Waals surface area contributed by atoms with Crippen molar-refractivity contribution in [2.45, 2.75) is 52.8 Å². The van der Waals surface area contributed by atoms with Crippen LogP contribution in [0.3, 0.4) is 0 Å². The highest BCUT2D eigenvalue weighted by molar-refractivity contribution is 5.76. The molecule has 2 aromatic carbocycles. The van der Waals surface area contributed by atoms with Gasteiger partial charge >= 0.3 is 0 Å². The molecule has 31 heavy (non-hydrogen) atoms. The number of nitriles is 1. The van der Waals surface area contributed by atoms with Crippen LogP contribution in [0.25, 0.3) is 0 Å². The van der Waals surface area contributed by atoms with E-state index in [9.17, 15) is 4.79 Å². The third-order valence-electron chi connectivity index (χ3n) is 5.30. The molecule has 3 aromatic rings. The molecule has 0 bridgehead atoms. The second kappa shape index (κ2) is 11.0. The number of nitrogens with one attached hydrogen (secondary N) is 1. The number of nitrogens with zero attached hydrogens (tertiary/aromatic N) is 3. The molecule has 1 amide bonds. The molecular formula is C25H28N4O2. The first-order chi connectivity index (χ1) is 15.1. The number of carbonyl (C=O) groups is 1. The molecule has 0 aliphatic rings. The minimum atomic E-state index is 0.00218. The third-order valence-corrected chi connectivity index (χ3v) is 5.30. The molecule has 6 heteroatoms. The van der Waals surface area contributed by atoms with Gasteiger partial charge in [-0.05, 0) is 49.1 Å². The Bertz CT molecular complexity index is 1050. The first kappa shape index (κ1) is 22.1. The fraction of sp³-hybridized carbons (Fsp3) is 0.320. The Labute approximate surface area is 183 Å². The molecule has 0 spiro atoms. The van der Waals surface area contributed by atoms with Crippen molar-refractivity contribution in [2.75, 3.05) is 0 Å². The summed E-state index contributed by atoms with van der Waals surface area (Å²) < 4.78 is 7.72. The quantitative estimate of drug-likeness (QED) is 0.536. The van der Waals surface area contributed by atoms with E-state index in [1.165, 1.54) is 0 Å². The lowest BCUT2D eigenvalue weighted by molar-refractivity contribution is -0.121. The molecule has 3 rings (SSSR count). The van der Waals surface area contributed by atoms with E-state index in [4.69, 9.17) is 10.00 Å². The lowest BCUT2D eigenvalue weighted by Gasteiger charge is -2.12. The number of ether oxygens (including phenoxy) is 1. The van der Waals surface area contributed by atoms with Gasteiger partial charge < -0.3 is 10.1 Å². The van der Waals surface area contributed by atoms with Crippen LogP contribution in [0.4, 0.5) is 0 Å². The molecule has 0 unspecified atom stereocenters. The van der Waals surface area contributed by atoms with E-state index in [1.54, 1.807) is 0 Å². The van der Waals surface area contributed by atoms with Crippen LogP contribution in [-0.2, 0) is 30.9 Å². The van der Waals surface area contributed by atoms with Crippen molar-refractivity contribution < 1.29 is 9.53 Å². The number of benzene rings is 2. The van der Waals surface area contributed by atoms with E-state index in [0.717, 1.165) is 33.8 Å². The third kappa shape index (κ3) is 6.19. The summed E-state index contributed by atoms with van der Waals surface area (Å²) in [7, 11) is 0.